The topological polar surface area (TPSA) is 3.01 Å². The first kappa shape index (κ1) is 14.3. The van der Waals surface area contributed by atoms with Crippen LogP contribution in [-0.4, -0.2) is 16.7 Å². The van der Waals surface area contributed by atoms with E-state index >= 15 is 0 Å². The molecule has 0 aliphatic carbocycles. The van der Waals surface area contributed by atoms with E-state index in [1.54, 1.807) is 0 Å². The fraction of sp³-hybridized carbons (Fsp3) is 0.0952. The second kappa shape index (κ2) is 6.05. The minimum atomic E-state index is 0.944. The average Bonchev–Trinajstić information content (AvgIpc) is 2.62. The normalized spacial score (nSPS) is 13.3. The molecule has 0 aromatic heterocycles. The van der Waals surface area contributed by atoms with Crippen LogP contribution in [0.15, 0.2) is 77.7 Å². The molecular formula is C21H18NS+. The van der Waals surface area contributed by atoms with E-state index in [1.807, 2.05) is 11.8 Å². The number of fused-ring (bicyclic) bond motifs is 1. The van der Waals surface area contributed by atoms with E-state index in [0.717, 1.165) is 5.88 Å². The Balaban J connectivity index is 1.85. The van der Waals surface area contributed by atoms with Crippen LogP contribution in [0.4, 0.5) is 5.69 Å². The van der Waals surface area contributed by atoms with Crippen molar-refractivity contribution in [1.29, 1.82) is 0 Å². The molecule has 23 heavy (non-hydrogen) atoms. The van der Waals surface area contributed by atoms with Gasteiger partial charge in [0.25, 0.3) is 0 Å². The Kier molecular flexibility index (Phi) is 3.76. The number of hydrogen-bond donors (Lipinski definition) is 0. The zero-order chi connectivity index (χ0) is 15.6. The van der Waals surface area contributed by atoms with Crippen LogP contribution < -0.4 is 0 Å². The predicted octanol–water partition coefficient (Wildman–Crippen LogP) is 5.49. The van der Waals surface area contributed by atoms with Gasteiger partial charge < -0.3 is 0 Å². The molecule has 2 heteroatoms. The van der Waals surface area contributed by atoms with Crippen molar-refractivity contribution in [2.45, 2.75) is 11.8 Å². The van der Waals surface area contributed by atoms with Crippen LogP contribution in [0, 0.1) is 6.92 Å². The molecule has 0 bridgehead atoms. The highest BCUT2D eigenvalue weighted by molar-refractivity contribution is 7.99. The highest BCUT2D eigenvalue weighted by atomic mass is 32.2. The largest absolute Gasteiger partial charge is 0.205 e. The molecule has 1 aliphatic rings. The molecule has 1 heterocycles. The standard InChI is InChI=1S/C21H18NS/c1-16-12-18-14-22(19-10-6-3-7-11-19)15-23-21(18)20(13-16)17-8-4-2-5-9-17/h2-14H,15H2,1H3/q+1. The summed E-state index contributed by atoms with van der Waals surface area (Å²) in [6.07, 6.45) is 2.28. The fourth-order valence-corrected chi connectivity index (χ4v) is 4.10. The molecule has 0 fully saturated rings. The molecule has 0 saturated heterocycles. The van der Waals surface area contributed by atoms with Crippen molar-refractivity contribution in [3.8, 4) is 11.1 Å². The maximum atomic E-state index is 2.32. The van der Waals surface area contributed by atoms with Crippen molar-refractivity contribution in [3.63, 3.8) is 0 Å². The Morgan fingerprint density at radius 3 is 2.30 bits per heavy atom. The number of para-hydroxylation sites is 1. The average molecular weight is 316 g/mol. The van der Waals surface area contributed by atoms with Crippen LogP contribution in [0.3, 0.4) is 0 Å². The van der Waals surface area contributed by atoms with E-state index in [1.165, 1.54) is 32.8 Å². The highest BCUT2D eigenvalue weighted by Crippen LogP contribution is 2.37. The van der Waals surface area contributed by atoms with Crippen molar-refractivity contribution in [1.82, 2.24) is 0 Å². The zero-order valence-corrected chi connectivity index (χ0v) is 13.9. The van der Waals surface area contributed by atoms with Gasteiger partial charge in [-0.3, -0.25) is 0 Å². The van der Waals surface area contributed by atoms with Gasteiger partial charge in [0.1, 0.15) is 0 Å². The maximum absolute atomic E-state index is 2.32. The number of thioether (sulfide) groups is 1. The van der Waals surface area contributed by atoms with Crippen molar-refractivity contribution >= 4 is 23.7 Å². The molecular weight excluding hydrogens is 298 g/mol. The van der Waals surface area contributed by atoms with Crippen molar-refractivity contribution in [3.05, 3.63) is 83.9 Å². The Morgan fingerprint density at radius 2 is 1.57 bits per heavy atom. The summed E-state index contributed by atoms with van der Waals surface area (Å²) in [7, 11) is 0. The molecule has 1 aliphatic heterocycles. The van der Waals surface area contributed by atoms with Gasteiger partial charge in [0, 0.05) is 17.0 Å². The van der Waals surface area contributed by atoms with Crippen LogP contribution in [0.1, 0.15) is 11.1 Å². The molecule has 0 spiro atoms. The Hall–Kier alpha value is -2.32. The second-order valence-corrected chi connectivity index (χ2v) is 6.76. The Morgan fingerprint density at radius 1 is 0.870 bits per heavy atom. The number of hydrogen-bond acceptors (Lipinski definition) is 1. The molecule has 3 aromatic rings. The summed E-state index contributed by atoms with van der Waals surface area (Å²) in [6, 6.07) is 25.8. The molecule has 0 atom stereocenters. The highest BCUT2D eigenvalue weighted by Gasteiger charge is 2.22. The van der Waals surface area contributed by atoms with E-state index in [9.17, 15) is 0 Å². The first-order valence-electron chi connectivity index (χ1n) is 7.81. The lowest BCUT2D eigenvalue weighted by Gasteiger charge is -2.17. The van der Waals surface area contributed by atoms with Gasteiger partial charge in [-0.2, -0.15) is 4.58 Å². The molecule has 112 valence electrons. The minimum Gasteiger partial charge on any atom is -0.188 e. The lowest BCUT2D eigenvalue weighted by Crippen LogP contribution is -2.13. The molecule has 3 aromatic carbocycles. The zero-order valence-electron chi connectivity index (χ0n) is 13.1. The van der Waals surface area contributed by atoms with Crippen LogP contribution in [0.2, 0.25) is 0 Å². The quantitative estimate of drug-likeness (QED) is 0.565. The number of benzene rings is 3. The van der Waals surface area contributed by atoms with Gasteiger partial charge in [0.15, 0.2) is 12.1 Å². The van der Waals surface area contributed by atoms with Crippen LogP contribution in [0.25, 0.3) is 11.1 Å². The number of rotatable bonds is 2. The second-order valence-electron chi connectivity index (χ2n) is 5.80. The number of nitrogens with zero attached hydrogens (tertiary/aromatic N) is 1. The van der Waals surface area contributed by atoms with Gasteiger partial charge in [-0.1, -0.05) is 66.4 Å². The maximum Gasteiger partial charge on any atom is 0.205 e. The lowest BCUT2D eigenvalue weighted by molar-refractivity contribution is -0.411. The van der Waals surface area contributed by atoms with E-state index in [-0.39, 0.29) is 0 Å². The molecule has 0 amide bonds. The summed E-state index contributed by atoms with van der Waals surface area (Å²) < 4.78 is 2.32. The van der Waals surface area contributed by atoms with Crippen LogP contribution in [0.5, 0.6) is 0 Å². The van der Waals surface area contributed by atoms with E-state index in [0.29, 0.717) is 0 Å². The molecule has 4 rings (SSSR count). The molecule has 0 N–H and O–H groups in total. The number of aryl methyl sites for hydroxylation is 1. The smallest absolute Gasteiger partial charge is 0.188 e. The lowest BCUT2D eigenvalue weighted by atomic mass is 10.00. The SMILES string of the molecule is Cc1cc2c(c(-c3ccccc3)c1)SC[N+](c1ccccc1)=C2. The summed E-state index contributed by atoms with van der Waals surface area (Å²) in [4.78, 5) is 1.38. The summed E-state index contributed by atoms with van der Waals surface area (Å²) in [5, 5.41) is 0. The van der Waals surface area contributed by atoms with Gasteiger partial charge in [0.05, 0.1) is 5.56 Å². The van der Waals surface area contributed by atoms with Crippen molar-refractivity contribution in [2.24, 2.45) is 0 Å². The molecule has 0 saturated carbocycles. The predicted molar refractivity (Wildman–Crippen MR) is 98.9 cm³/mol. The molecule has 0 radical (unpaired) electrons. The minimum absolute atomic E-state index is 0.944. The van der Waals surface area contributed by atoms with Gasteiger partial charge in [-0.05, 0) is 29.7 Å². The van der Waals surface area contributed by atoms with Crippen molar-refractivity contribution < 1.29 is 4.58 Å². The fourth-order valence-electron chi connectivity index (χ4n) is 3.00. The van der Waals surface area contributed by atoms with Crippen LogP contribution in [-0.2, 0) is 0 Å². The first-order valence-corrected chi connectivity index (χ1v) is 8.79. The summed E-state index contributed by atoms with van der Waals surface area (Å²) in [6.45, 7) is 2.17. The van der Waals surface area contributed by atoms with Gasteiger partial charge in [0.2, 0.25) is 5.69 Å². The van der Waals surface area contributed by atoms with Gasteiger partial charge in [-0.25, -0.2) is 0 Å². The summed E-state index contributed by atoms with van der Waals surface area (Å²) in [5.74, 6) is 0.944. The molecule has 0 unspecified atom stereocenters. The third-order valence-corrected chi connectivity index (χ3v) is 5.23. The first-order chi connectivity index (χ1) is 11.3. The third-order valence-electron chi connectivity index (χ3n) is 4.08. The third kappa shape index (κ3) is 2.82. The summed E-state index contributed by atoms with van der Waals surface area (Å²) >= 11 is 1.92. The monoisotopic (exact) mass is 316 g/mol. The van der Waals surface area contributed by atoms with Crippen molar-refractivity contribution in [2.75, 3.05) is 5.88 Å². The van der Waals surface area contributed by atoms with Gasteiger partial charge >= 0.3 is 0 Å². The Labute approximate surface area is 141 Å². The van der Waals surface area contributed by atoms with E-state index in [4.69, 9.17) is 0 Å². The summed E-state index contributed by atoms with van der Waals surface area (Å²) in [5.41, 5.74) is 6.49. The van der Waals surface area contributed by atoms with Gasteiger partial charge in [-0.15, -0.1) is 0 Å². The van der Waals surface area contributed by atoms with E-state index in [2.05, 4.69) is 90.5 Å². The molecule has 1 nitrogen and oxygen atoms in total. The van der Waals surface area contributed by atoms with E-state index < -0.39 is 0 Å². The Bertz CT molecular complexity index is 867. The van der Waals surface area contributed by atoms with Crippen LogP contribution >= 0.6 is 11.8 Å².